The molecule has 0 unspecified atom stereocenters. The van der Waals surface area contributed by atoms with Crippen molar-refractivity contribution in [2.75, 3.05) is 6.61 Å². The van der Waals surface area contributed by atoms with Crippen molar-refractivity contribution in [1.82, 2.24) is 10.3 Å². The third-order valence-corrected chi connectivity index (χ3v) is 2.82. The Bertz CT molecular complexity index is 609. The molecule has 2 rings (SSSR count). The fraction of sp³-hybridized carbons (Fsp3) is 0.188. The second kappa shape index (κ2) is 7.19. The summed E-state index contributed by atoms with van der Waals surface area (Å²) in [5.74, 6) is 0.318. The van der Waals surface area contributed by atoms with Crippen LogP contribution in [0, 0.1) is 0 Å². The molecule has 1 aromatic carbocycles. The van der Waals surface area contributed by atoms with E-state index in [-0.39, 0.29) is 18.3 Å². The summed E-state index contributed by atoms with van der Waals surface area (Å²) in [7, 11) is 0. The van der Waals surface area contributed by atoms with Gasteiger partial charge in [0.1, 0.15) is 5.75 Å². The zero-order valence-corrected chi connectivity index (χ0v) is 11.7. The van der Waals surface area contributed by atoms with Gasteiger partial charge in [0.25, 0.3) is 5.91 Å². The second-order valence-electron chi connectivity index (χ2n) is 4.47. The van der Waals surface area contributed by atoms with Crippen molar-refractivity contribution in [3.8, 4) is 5.75 Å². The predicted octanol–water partition coefficient (Wildman–Crippen LogP) is 1.98. The zero-order valence-electron chi connectivity index (χ0n) is 11.7. The fourth-order valence-electron chi connectivity index (χ4n) is 1.68. The van der Waals surface area contributed by atoms with Gasteiger partial charge in [-0.2, -0.15) is 0 Å². The summed E-state index contributed by atoms with van der Waals surface area (Å²) in [5, 5.41) is 2.72. The third kappa shape index (κ3) is 4.72. The molecule has 21 heavy (non-hydrogen) atoms. The van der Waals surface area contributed by atoms with Gasteiger partial charge in [-0.1, -0.05) is 6.07 Å². The molecule has 5 heteroatoms. The van der Waals surface area contributed by atoms with E-state index < -0.39 is 0 Å². The smallest absolute Gasteiger partial charge is 0.258 e. The van der Waals surface area contributed by atoms with E-state index in [9.17, 15) is 9.59 Å². The minimum atomic E-state index is -0.226. The molecule has 1 heterocycles. The SMILES string of the molecule is CC(=O)c1ccc(OCC(=O)NCc2ccccn2)cc1. The number of hydrogen-bond acceptors (Lipinski definition) is 4. The lowest BCUT2D eigenvalue weighted by molar-refractivity contribution is -0.123. The summed E-state index contributed by atoms with van der Waals surface area (Å²) < 4.78 is 5.35. The number of nitrogens with one attached hydrogen (secondary N) is 1. The molecular weight excluding hydrogens is 268 g/mol. The average Bonchev–Trinajstić information content (AvgIpc) is 2.52. The number of ether oxygens (including phenoxy) is 1. The van der Waals surface area contributed by atoms with E-state index in [1.165, 1.54) is 6.92 Å². The van der Waals surface area contributed by atoms with Crippen molar-refractivity contribution < 1.29 is 14.3 Å². The van der Waals surface area contributed by atoms with E-state index in [1.807, 2.05) is 18.2 Å². The normalized spacial score (nSPS) is 9.95. The van der Waals surface area contributed by atoms with Gasteiger partial charge in [0.2, 0.25) is 0 Å². The van der Waals surface area contributed by atoms with E-state index in [0.717, 1.165) is 5.69 Å². The number of carbonyl (C=O) groups excluding carboxylic acids is 2. The van der Waals surface area contributed by atoms with Crippen molar-refractivity contribution in [2.24, 2.45) is 0 Å². The van der Waals surface area contributed by atoms with Crippen LogP contribution in [0.3, 0.4) is 0 Å². The lowest BCUT2D eigenvalue weighted by atomic mass is 10.1. The van der Waals surface area contributed by atoms with E-state index >= 15 is 0 Å². The first kappa shape index (κ1) is 14.7. The molecular formula is C16H16N2O3. The number of aromatic nitrogens is 1. The number of rotatable bonds is 6. The molecule has 108 valence electrons. The van der Waals surface area contributed by atoms with Gasteiger partial charge >= 0.3 is 0 Å². The maximum absolute atomic E-state index is 11.6. The van der Waals surface area contributed by atoms with E-state index in [2.05, 4.69) is 10.3 Å². The standard InChI is InChI=1S/C16H16N2O3/c1-12(19)13-5-7-15(8-6-13)21-11-16(20)18-10-14-4-2-3-9-17-14/h2-9H,10-11H2,1H3,(H,18,20). The largest absolute Gasteiger partial charge is 0.484 e. The van der Waals surface area contributed by atoms with Crippen LogP contribution in [-0.2, 0) is 11.3 Å². The molecule has 0 bridgehead atoms. The van der Waals surface area contributed by atoms with E-state index in [4.69, 9.17) is 4.74 Å². The fourth-order valence-corrected chi connectivity index (χ4v) is 1.68. The van der Waals surface area contributed by atoms with Crippen molar-refractivity contribution >= 4 is 11.7 Å². The lowest BCUT2D eigenvalue weighted by Gasteiger charge is -2.07. The van der Waals surface area contributed by atoms with Crippen molar-refractivity contribution in [2.45, 2.75) is 13.5 Å². The van der Waals surface area contributed by atoms with Crippen LogP contribution in [0.4, 0.5) is 0 Å². The third-order valence-electron chi connectivity index (χ3n) is 2.82. The molecule has 1 aromatic heterocycles. The highest BCUT2D eigenvalue weighted by atomic mass is 16.5. The average molecular weight is 284 g/mol. The van der Waals surface area contributed by atoms with Crippen LogP contribution in [0.1, 0.15) is 23.0 Å². The Balaban J connectivity index is 1.77. The summed E-state index contributed by atoms with van der Waals surface area (Å²) in [4.78, 5) is 26.9. The van der Waals surface area contributed by atoms with Gasteiger partial charge in [-0.25, -0.2) is 0 Å². The molecule has 0 spiro atoms. The molecule has 0 fully saturated rings. The first-order valence-electron chi connectivity index (χ1n) is 6.55. The Morgan fingerprint density at radius 3 is 2.52 bits per heavy atom. The molecule has 0 aliphatic carbocycles. The molecule has 0 aliphatic rings. The molecule has 1 amide bonds. The van der Waals surface area contributed by atoms with Crippen LogP contribution in [0.2, 0.25) is 0 Å². The number of pyridine rings is 1. The molecule has 0 atom stereocenters. The van der Waals surface area contributed by atoms with Gasteiger partial charge in [0.05, 0.1) is 12.2 Å². The zero-order chi connectivity index (χ0) is 15.1. The number of nitrogens with zero attached hydrogens (tertiary/aromatic N) is 1. The van der Waals surface area contributed by atoms with Crippen LogP contribution >= 0.6 is 0 Å². The van der Waals surface area contributed by atoms with Crippen LogP contribution in [-0.4, -0.2) is 23.3 Å². The molecule has 1 N–H and O–H groups in total. The summed E-state index contributed by atoms with van der Waals surface area (Å²) in [5.41, 5.74) is 1.40. The van der Waals surface area contributed by atoms with Crippen molar-refractivity contribution in [1.29, 1.82) is 0 Å². The number of amides is 1. The highest BCUT2D eigenvalue weighted by Gasteiger charge is 2.04. The minimum Gasteiger partial charge on any atom is -0.484 e. The van der Waals surface area contributed by atoms with Crippen molar-refractivity contribution in [3.63, 3.8) is 0 Å². The molecule has 0 saturated carbocycles. The van der Waals surface area contributed by atoms with Crippen LogP contribution in [0.5, 0.6) is 5.75 Å². The Hall–Kier alpha value is -2.69. The quantitative estimate of drug-likeness (QED) is 0.824. The Morgan fingerprint density at radius 1 is 1.14 bits per heavy atom. The minimum absolute atomic E-state index is 0.00495. The van der Waals surface area contributed by atoms with Crippen molar-refractivity contribution in [3.05, 3.63) is 59.9 Å². The summed E-state index contributed by atoms with van der Waals surface area (Å²) in [6.07, 6.45) is 1.68. The van der Waals surface area contributed by atoms with Gasteiger partial charge in [-0.3, -0.25) is 14.6 Å². The maximum Gasteiger partial charge on any atom is 0.258 e. The maximum atomic E-state index is 11.6. The number of ketones is 1. The van der Waals surface area contributed by atoms with Crippen LogP contribution in [0.25, 0.3) is 0 Å². The lowest BCUT2D eigenvalue weighted by Crippen LogP contribution is -2.28. The van der Waals surface area contributed by atoms with Gasteiger partial charge in [0.15, 0.2) is 12.4 Å². The Labute approximate surface area is 123 Å². The van der Waals surface area contributed by atoms with Gasteiger partial charge in [-0.05, 0) is 43.3 Å². The topological polar surface area (TPSA) is 68.3 Å². The molecule has 5 nitrogen and oxygen atoms in total. The summed E-state index contributed by atoms with van der Waals surface area (Å²) in [6.45, 7) is 1.79. The first-order valence-corrected chi connectivity index (χ1v) is 6.55. The van der Waals surface area contributed by atoms with Gasteiger partial charge in [-0.15, -0.1) is 0 Å². The molecule has 0 aliphatic heterocycles. The Morgan fingerprint density at radius 2 is 1.90 bits per heavy atom. The van der Waals surface area contributed by atoms with Gasteiger partial charge < -0.3 is 10.1 Å². The second-order valence-corrected chi connectivity index (χ2v) is 4.47. The summed E-state index contributed by atoms with van der Waals surface area (Å²) in [6, 6.07) is 12.2. The first-order chi connectivity index (χ1) is 10.1. The number of benzene rings is 1. The molecule has 0 radical (unpaired) electrons. The molecule has 2 aromatic rings. The Kier molecular flexibility index (Phi) is 5.04. The van der Waals surface area contributed by atoms with E-state index in [0.29, 0.717) is 17.9 Å². The van der Waals surface area contributed by atoms with Crippen LogP contribution in [0.15, 0.2) is 48.7 Å². The predicted molar refractivity (Wildman–Crippen MR) is 78.0 cm³/mol. The number of Topliss-reactive ketones (excluding diaryl/α,β-unsaturated/α-hetero) is 1. The monoisotopic (exact) mass is 284 g/mol. The highest BCUT2D eigenvalue weighted by molar-refractivity contribution is 5.94. The molecule has 0 saturated heterocycles. The number of hydrogen-bond donors (Lipinski definition) is 1. The van der Waals surface area contributed by atoms with E-state index in [1.54, 1.807) is 30.5 Å². The highest BCUT2D eigenvalue weighted by Crippen LogP contribution is 2.12. The van der Waals surface area contributed by atoms with Gasteiger partial charge in [0, 0.05) is 11.8 Å². The number of carbonyl (C=O) groups is 2. The summed E-state index contributed by atoms with van der Waals surface area (Å²) >= 11 is 0. The van der Waals surface area contributed by atoms with Crippen LogP contribution < -0.4 is 10.1 Å².